The van der Waals surface area contributed by atoms with Crippen LogP contribution >= 0.6 is 0 Å². The van der Waals surface area contributed by atoms with Crippen molar-refractivity contribution < 1.29 is 24.4 Å². The second-order valence-corrected chi connectivity index (χ2v) is 5.52. The Morgan fingerprint density at radius 2 is 2.08 bits per heavy atom. The number of carboxylic acids is 1. The van der Waals surface area contributed by atoms with E-state index in [1.54, 1.807) is 6.92 Å². The first kappa shape index (κ1) is 18.9. The molecule has 2 aromatic rings. The van der Waals surface area contributed by atoms with E-state index in [-0.39, 0.29) is 35.9 Å². The van der Waals surface area contributed by atoms with E-state index in [0.29, 0.717) is 17.1 Å². The number of hydrogen-bond donors (Lipinski definition) is 2. The second-order valence-electron chi connectivity index (χ2n) is 5.52. The summed E-state index contributed by atoms with van der Waals surface area (Å²) in [6, 6.07) is 4.20. The smallest absolute Gasteiger partial charge is 0.339 e. The van der Waals surface area contributed by atoms with Crippen LogP contribution in [0.25, 0.3) is 0 Å². The van der Waals surface area contributed by atoms with Gasteiger partial charge in [0.2, 0.25) is 5.91 Å². The molecule has 2 N–H and O–H groups in total. The summed E-state index contributed by atoms with van der Waals surface area (Å²) in [5.74, 6) is -1.35. The van der Waals surface area contributed by atoms with Crippen molar-refractivity contribution in [1.29, 1.82) is 0 Å². The van der Waals surface area contributed by atoms with Crippen LogP contribution in [-0.4, -0.2) is 38.8 Å². The molecular formula is C16H18N4O6. The monoisotopic (exact) mass is 362 g/mol. The summed E-state index contributed by atoms with van der Waals surface area (Å²) < 4.78 is 6.42. The zero-order chi connectivity index (χ0) is 19.4. The van der Waals surface area contributed by atoms with Crippen molar-refractivity contribution in [2.45, 2.75) is 26.8 Å². The largest absolute Gasteiger partial charge is 0.496 e. The molecule has 0 atom stereocenters. The first-order valence-electron chi connectivity index (χ1n) is 7.64. The fourth-order valence-electron chi connectivity index (χ4n) is 2.55. The Morgan fingerprint density at radius 1 is 1.38 bits per heavy atom. The highest BCUT2D eigenvalue weighted by atomic mass is 16.6. The lowest BCUT2D eigenvalue weighted by molar-refractivity contribution is -0.386. The fourth-order valence-corrected chi connectivity index (χ4v) is 2.55. The lowest BCUT2D eigenvalue weighted by Gasteiger charge is -2.09. The van der Waals surface area contributed by atoms with Crippen molar-refractivity contribution in [3.05, 3.63) is 45.3 Å². The predicted molar refractivity (Wildman–Crippen MR) is 91.6 cm³/mol. The number of hydrogen-bond acceptors (Lipinski definition) is 6. The number of aromatic carboxylic acids is 1. The SMILES string of the molecule is COc1cc(NC(=O)CCn2nc(C)c([N+](=O)[O-])c2C)ccc1C(=O)O. The normalized spacial score (nSPS) is 10.4. The molecule has 0 fully saturated rings. The van der Waals surface area contributed by atoms with Crippen LogP contribution in [0.4, 0.5) is 11.4 Å². The number of aryl methyl sites for hydroxylation is 2. The summed E-state index contributed by atoms with van der Waals surface area (Å²) in [4.78, 5) is 33.7. The Hall–Kier alpha value is -3.43. The van der Waals surface area contributed by atoms with Gasteiger partial charge in [0.25, 0.3) is 0 Å². The quantitative estimate of drug-likeness (QED) is 0.568. The molecule has 1 amide bonds. The molecule has 138 valence electrons. The van der Waals surface area contributed by atoms with Gasteiger partial charge in [-0.3, -0.25) is 19.6 Å². The molecule has 0 saturated heterocycles. The molecule has 0 spiro atoms. The van der Waals surface area contributed by atoms with Crippen LogP contribution in [0.15, 0.2) is 18.2 Å². The van der Waals surface area contributed by atoms with Gasteiger partial charge in [0.1, 0.15) is 22.7 Å². The van der Waals surface area contributed by atoms with Crippen LogP contribution in [0.2, 0.25) is 0 Å². The van der Waals surface area contributed by atoms with E-state index in [1.807, 2.05) is 0 Å². The molecule has 0 unspecified atom stereocenters. The number of nitrogens with zero attached hydrogens (tertiary/aromatic N) is 3. The molecule has 10 nitrogen and oxygen atoms in total. The molecule has 0 radical (unpaired) electrons. The van der Waals surface area contributed by atoms with Gasteiger partial charge in [-0.15, -0.1) is 0 Å². The van der Waals surface area contributed by atoms with E-state index in [2.05, 4.69) is 10.4 Å². The van der Waals surface area contributed by atoms with Gasteiger partial charge in [0.05, 0.1) is 18.6 Å². The van der Waals surface area contributed by atoms with Crippen LogP contribution in [0, 0.1) is 24.0 Å². The lowest BCUT2D eigenvalue weighted by atomic mass is 10.2. The Kier molecular flexibility index (Phi) is 5.55. The Morgan fingerprint density at radius 3 is 2.62 bits per heavy atom. The highest BCUT2D eigenvalue weighted by molar-refractivity contribution is 5.94. The molecule has 0 saturated carbocycles. The van der Waals surface area contributed by atoms with E-state index in [0.717, 1.165) is 0 Å². The van der Waals surface area contributed by atoms with Gasteiger partial charge in [0, 0.05) is 18.2 Å². The molecule has 1 heterocycles. The average molecular weight is 362 g/mol. The minimum atomic E-state index is -1.13. The summed E-state index contributed by atoms with van der Waals surface area (Å²) in [6.07, 6.45) is 0.0438. The maximum Gasteiger partial charge on any atom is 0.339 e. The van der Waals surface area contributed by atoms with Gasteiger partial charge < -0.3 is 15.2 Å². The van der Waals surface area contributed by atoms with Gasteiger partial charge in [-0.1, -0.05) is 0 Å². The highest BCUT2D eigenvalue weighted by Crippen LogP contribution is 2.24. The Bertz CT molecular complexity index is 874. The van der Waals surface area contributed by atoms with E-state index >= 15 is 0 Å². The van der Waals surface area contributed by atoms with E-state index in [9.17, 15) is 19.7 Å². The summed E-state index contributed by atoms with van der Waals surface area (Å²) >= 11 is 0. The minimum absolute atomic E-state index is 0.0135. The van der Waals surface area contributed by atoms with Crippen LogP contribution < -0.4 is 10.1 Å². The third-order valence-corrected chi connectivity index (χ3v) is 3.79. The predicted octanol–water partition coefficient (Wildman–Crippen LogP) is 2.14. The summed E-state index contributed by atoms with van der Waals surface area (Å²) in [5, 5.41) is 26.7. The molecule has 0 bridgehead atoms. The number of nitro groups is 1. The minimum Gasteiger partial charge on any atom is -0.496 e. The van der Waals surface area contributed by atoms with Crippen LogP contribution in [0.5, 0.6) is 5.75 Å². The number of rotatable bonds is 7. The lowest BCUT2D eigenvalue weighted by Crippen LogP contribution is -2.16. The molecular weight excluding hydrogens is 344 g/mol. The van der Waals surface area contributed by atoms with Crippen molar-refractivity contribution in [1.82, 2.24) is 9.78 Å². The molecule has 1 aromatic heterocycles. The number of benzene rings is 1. The second kappa shape index (κ2) is 7.64. The van der Waals surface area contributed by atoms with Crippen molar-refractivity contribution >= 4 is 23.3 Å². The van der Waals surface area contributed by atoms with Crippen molar-refractivity contribution in [2.75, 3.05) is 12.4 Å². The van der Waals surface area contributed by atoms with Gasteiger partial charge in [-0.05, 0) is 26.0 Å². The molecule has 2 rings (SSSR count). The van der Waals surface area contributed by atoms with Crippen LogP contribution in [-0.2, 0) is 11.3 Å². The van der Waals surface area contributed by atoms with Crippen LogP contribution in [0.3, 0.4) is 0 Å². The zero-order valence-corrected chi connectivity index (χ0v) is 14.5. The first-order chi connectivity index (χ1) is 12.2. The van der Waals surface area contributed by atoms with Gasteiger partial charge in [-0.25, -0.2) is 4.79 Å². The molecule has 0 aliphatic carbocycles. The number of amides is 1. The summed E-state index contributed by atoms with van der Waals surface area (Å²) in [6.45, 7) is 3.29. The summed E-state index contributed by atoms with van der Waals surface area (Å²) in [7, 11) is 1.34. The Balaban J connectivity index is 2.05. The van der Waals surface area contributed by atoms with Gasteiger partial charge >= 0.3 is 11.7 Å². The third kappa shape index (κ3) is 3.97. The van der Waals surface area contributed by atoms with E-state index in [4.69, 9.17) is 9.84 Å². The number of carboxylic acid groups (broad SMARTS) is 1. The van der Waals surface area contributed by atoms with Crippen molar-refractivity contribution in [2.24, 2.45) is 0 Å². The molecule has 0 aliphatic rings. The molecule has 10 heteroatoms. The molecule has 1 aromatic carbocycles. The fraction of sp³-hybridized carbons (Fsp3) is 0.312. The summed E-state index contributed by atoms with van der Waals surface area (Å²) in [5.41, 5.74) is 0.991. The maximum absolute atomic E-state index is 12.1. The van der Waals surface area contributed by atoms with Crippen LogP contribution in [0.1, 0.15) is 28.2 Å². The van der Waals surface area contributed by atoms with Gasteiger partial charge in [0.15, 0.2) is 0 Å². The number of anilines is 1. The van der Waals surface area contributed by atoms with Gasteiger partial charge in [-0.2, -0.15) is 5.10 Å². The number of methoxy groups -OCH3 is 1. The Labute approximate surface area is 148 Å². The number of carbonyl (C=O) groups is 2. The molecule has 0 aliphatic heterocycles. The van der Waals surface area contributed by atoms with E-state index in [1.165, 1.54) is 36.9 Å². The van der Waals surface area contributed by atoms with Crippen molar-refractivity contribution in [3.63, 3.8) is 0 Å². The number of nitrogens with one attached hydrogen (secondary N) is 1. The topological polar surface area (TPSA) is 137 Å². The number of carbonyl (C=O) groups excluding carboxylic acids is 1. The number of aromatic nitrogens is 2. The maximum atomic E-state index is 12.1. The average Bonchev–Trinajstić information content (AvgIpc) is 2.86. The molecule has 26 heavy (non-hydrogen) atoms. The third-order valence-electron chi connectivity index (χ3n) is 3.79. The zero-order valence-electron chi connectivity index (χ0n) is 14.5. The standard InChI is InChI=1S/C16H18N4O6/c1-9-15(20(24)25)10(2)19(18-9)7-6-14(21)17-11-4-5-12(16(22)23)13(8-11)26-3/h4-5,8H,6-7H2,1-3H3,(H,17,21)(H,22,23). The van der Waals surface area contributed by atoms with Crippen molar-refractivity contribution in [3.8, 4) is 5.75 Å². The van der Waals surface area contributed by atoms with E-state index < -0.39 is 10.9 Å². The number of ether oxygens (including phenoxy) is 1. The highest BCUT2D eigenvalue weighted by Gasteiger charge is 2.22. The first-order valence-corrected chi connectivity index (χ1v) is 7.64.